The van der Waals surface area contributed by atoms with Gasteiger partial charge in [0.15, 0.2) is 0 Å². The van der Waals surface area contributed by atoms with E-state index in [0.29, 0.717) is 23.7 Å². The van der Waals surface area contributed by atoms with Crippen LogP contribution in [0.4, 0.5) is 0 Å². The summed E-state index contributed by atoms with van der Waals surface area (Å²) in [6.07, 6.45) is 3.88. The molecule has 19 heavy (non-hydrogen) atoms. The predicted octanol–water partition coefficient (Wildman–Crippen LogP) is 2.26. The minimum atomic E-state index is -0.523. The monoisotopic (exact) mass is 284 g/mol. The number of rotatable bonds is 8. The summed E-state index contributed by atoms with van der Waals surface area (Å²) in [4.78, 5) is 26.3. The molecule has 0 bridgehead atoms. The fraction of sp³-hybridized carbons (Fsp3) is 0.462. The highest BCUT2D eigenvalue weighted by atomic mass is 35.5. The van der Waals surface area contributed by atoms with E-state index in [9.17, 15) is 9.59 Å². The molecule has 1 atom stereocenters. The van der Waals surface area contributed by atoms with Crippen molar-refractivity contribution in [1.29, 1.82) is 0 Å². The van der Waals surface area contributed by atoms with Crippen molar-refractivity contribution in [2.45, 2.75) is 32.2 Å². The fourth-order valence-electron chi connectivity index (χ4n) is 1.50. The van der Waals surface area contributed by atoms with Gasteiger partial charge in [0.25, 0.3) is 0 Å². The van der Waals surface area contributed by atoms with Gasteiger partial charge in [-0.2, -0.15) is 0 Å². The van der Waals surface area contributed by atoms with Crippen LogP contribution >= 0.6 is 11.6 Å². The highest BCUT2D eigenvalue weighted by molar-refractivity contribution is 6.30. The molecular formula is C13H17ClN2O3. The van der Waals surface area contributed by atoms with Crippen LogP contribution < -0.4 is 5.32 Å². The number of hydrogen-bond donors (Lipinski definition) is 1. The molecule has 0 fully saturated rings. The Morgan fingerprint density at radius 3 is 3.05 bits per heavy atom. The third-order valence-corrected chi connectivity index (χ3v) is 2.74. The molecule has 0 radical (unpaired) electrons. The van der Waals surface area contributed by atoms with Crippen molar-refractivity contribution in [3.63, 3.8) is 0 Å². The Labute approximate surface area is 117 Å². The summed E-state index contributed by atoms with van der Waals surface area (Å²) in [7, 11) is 0. The Hall–Kier alpha value is -1.62. The van der Waals surface area contributed by atoms with E-state index in [-0.39, 0.29) is 12.4 Å². The number of nitrogens with one attached hydrogen (secondary N) is 1. The molecule has 0 saturated heterocycles. The lowest BCUT2D eigenvalue weighted by molar-refractivity contribution is -0.144. The van der Waals surface area contributed by atoms with Crippen molar-refractivity contribution in [2.24, 2.45) is 0 Å². The Bertz CT molecular complexity index is 426. The number of carbonyl (C=O) groups excluding carboxylic acids is 2. The van der Waals surface area contributed by atoms with Crippen LogP contribution in [0.15, 0.2) is 18.3 Å². The molecule has 6 heteroatoms. The lowest BCUT2D eigenvalue weighted by atomic mass is 10.1. The summed E-state index contributed by atoms with van der Waals surface area (Å²) in [6.45, 7) is 2.41. The van der Waals surface area contributed by atoms with Gasteiger partial charge in [-0.15, -0.1) is 0 Å². The van der Waals surface area contributed by atoms with E-state index in [1.165, 1.54) is 6.20 Å². The SMILES string of the molecule is CCCCOC(=O)CC(NC=O)c1cc(Cl)ccn1. The van der Waals surface area contributed by atoms with Gasteiger partial charge in [0, 0.05) is 11.2 Å². The third-order valence-electron chi connectivity index (χ3n) is 2.50. The van der Waals surface area contributed by atoms with Crippen molar-refractivity contribution in [2.75, 3.05) is 6.61 Å². The maximum absolute atomic E-state index is 11.6. The van der Waals surface area contributed by atoms with Gasteiger partial charge in [-0.25, -0.2) is 0 Å². The van der Waals surface area contributed by atoms with Crippen LogP contribution in [-0.2, 0) is 14.3 Å². The number of carbonyl (C=O) groups is 2. The number of halogens is 1. The van der Waals surface area contributed by atoms with Crippen LogP contribution in [0.5, 0.6) is 0 Å². The van der Waals surface area contributed by atoms with E-state index in [1.807, 2.05) is 6.92 Å². The standard InChI is InChI=1S/C13H17ClN2O3/c1-2-3-6-19-13(18)8-12(16-9-17)11-7-10(14)4-5-15-11/h4-5,7,9,12H,2-3,6,8H2,1H3,(H,16,17). The number of amides is 1. The molecule has 1 aromatic rings. The second-order valence-electron chi connectivity index (χ2n) is 4.01. The molecule has 1 heterocycles. The second kappa shape index (κ2) is 8.48. The largest absolute Gasteiger partial charge is 0.466 e. The molecule has 104 valence electrons. The first kappa shape index (κ1) is 15.4. The smallest absolute Gasteiger partial charge is 0.308 e. The van der Waals surface area contributed by atoms with Crippen molar-refractivity contribution in [3.8, 4) is 0 Å². The number of esters is 1. The lowest BCUT2D eigenvalue weighted by Gasteiger charge is -2.15. The van der Waals surface area contributed by atoms with Gasteiger partial charge in [0.2, 0.25) is 6.41 Å². The summed E-state index contributed by atoms with van der Waals surface area (Å²) in [5, 5.41) is 3.05. The quantitative estimate of drug-likeness (QED) is 0.452. The summed E-state index contributed by atoms with van der Waals surface area (Å²) in [5.41, 5.74) is 0.534. The van der Waals surface area contributed by atoms with E-state index >= 15 is 0 Å². The number of hydrogen-bond acceptors (Lipinski definition) is 4. The number of aromatic nitrogens is 1. The van der Waals surface area contributed by atoms with Gasteiger partial charge in [0.05, 0.1) is 24.8 Å². The lowest BCUT2D eigenvalue weighted by Crippen LogP contribution is -2.24. The molecule has 0 aliphatic rings. The molecule has 1 unspecified atom stereocenters. The van der Waals surface area contributed by atoms with E-state index < -0.39 is 6.04 Å². The van der Waals surface area contributed by atoms with Crippen LogP contribution in [0.25, 0.3) is 0 Å². The van der Waals surface area contributed by atoms with E-state index in [4.69, 9.17) is 16.3 Å². The average molecular weight is 285 g/mol. The second-order valence-corrected chi connectivity index (χ2v) is 4.45. The van der Waals surface area contributed by atoms with Gasteiger partial charge in [-0.05, 0) is 18.6 Å². The van der Waals surface area contributed by atoms with E-state index in [1.54, 1.807) is 12.1 Å². The summed E-state index contributed by atoms with van der Waals surface area (Å²) >= 11 is 5.86. The first-order valence-corrected chi connectivity index (χ1v) is 6.52. The minimum Gasteiger partial charge on any atom is -0.466 e. The van der Waals surface area contributed by atoms with E-state index in [0.717, 1.165) is 12.8 Å². The van der Waals surface area contributed by atoms with Gasteiger partial charge in [-0.3, -0.25) is 14.6 Å². The molecule has 1 amide bonds. The number of pyridine rings is 1. The molecule has 0 aromatic carbocycles. The molecule has 1 aromatic heterocycles. The number of unbranched alkanes of at least 4 members (excludes halogenated alkanes) is 1. The van der Waals surface area contributed by atoms with Crippen LogP contribution in [-0.4, -0.2) is 24.0 Å². The van der Waals surface area contributed by atoms with Gasteiger partial charge in [-0.1, -0.05) is 24.9 Å². The Balaban J connectivity index is 2.62. The van der Waals surface area contributed by atoms with Gasteiger partial charge in [0.1, 0.15) is 0 Å². The molecule has 1 N–H and O–H groups in total. The Kier molecular flexibility index (Phi) is 6.89. The average Bonchev–Trinajstić information content (AvgIpc) is 2.38. The van der Waals surface area contributed by atoms with Crippen molar-refractivity contribution >= 4 is 24.0 Å². The molecule has 0 saturated carbocycles. The van der Waals surface area contributed by atoms with Crippen molar-refractivity contribution in [1.82, 2.24) is 10.3 Å². The normalized spacial score (nSPS) is 11.7. The number of ether oxygens (including phenoxy) is 1. The minimum absolute atomic E-state index is 0.0375. The summed E-state index contributed by atoms with van der Waals surface area (Å²) in [6, 6.07) is 2.72. The maximum Gasteiger partial charge on any atom is 0.308 e. The maximum atomic E-state index is 11.6. The molecule has 0 aliphatic heterocycles. The Morgan fingerprint density at radius 2 is 2.42 bits per heavy atom. The molecular weight excluding hydrogens is 268 g/mol. The third kappa shape index (κ3) is 5.70. The first-order chi connectivity index (χ1) is 9.17. The molecule has 5 nitrogen and oxygen atoms in total. The molecule has 0 spiro atoms. The summed E-state index contributed by atoms with van der Waals surface area (Å²) in [5.74, 6) is -0.366. The topological polar surface area (TPSA) is 68.3 Å². The Morgan fingerprint density at radius 1 is 1.63 bits per heavy atom. The first-order valence-electron chi connectivity index (χ1n) is 6.14. The fourth-order valence-corrected chi connectivity index (χ4v) is 1.67. The number of nitrogens with zero attached hydrogens (tertiary/aromatic N) is 1. The van der Waals surface area contributed by atoms with Gasteiger partial charge < -0.3 is 10.1 Å². The van der Waals surface area contributed by atoms with Crippen LogP contribution in [0.1, 0.15) is 37.9 Å². The predicted molar refractivity (Wildman–Crippen MR) is 71.7 cm³/mol. The molecule has 0 aliphatic carbocycles. The van der Waals surface area contributed by atoms with Crippen LogP contribution in [0.3, 0.4) is 0 Å². The highest BCUT2D eigenvalue weighted by Crippen LogP contribution is 2.18. The zero-order chi connectivity index (χ0) is 14.1. The van der Waals surface area contributed by atoms with Crippen LogP contribution in [0, 0.1) is 0 Å². The highest BCUT2D eigenvalue weighted by Gasteiger charge is 2.17. The van der Waals surface area contributed by atoms with Gasteiger partial charge >= 0.3 is 5.97 Å². The van der Waals surface area contributed by atoms with Crippen LogP contribution in [0.2, 0.25) is 5.02 Å². The zero-order valence-corrected chi connectivity index (χ0v) is 11.5. The van der Waals surface area contributed by atoms with E-state index in [2.05, 4.69) is 10.3 Å². The van der Waals surface area contributed by atoms with Crippen molar-refractivity contribution < 1.29 is 14.3 Å². The zero-order valence-electron chi connectivity index (χ0n) is 10.8. The molecule has 1 rings (SSSR count). The summed E-state index contributed by atoms with van der Waals surface area (Å²) < 4.78 is 5.06. The van der Waals surface area contributed by atoms with Crippen molar-refractivity contribution in [3.05, 3.63) is 29.0 Å².